The second-order valence-electron chi connectivity index (χ2n) is 4.19. The summed E-state index contributed by atoms with van der Waals surface area (Å²) in [5, 5.41) is 7.00. The van der Waals surface area contributed by atoms with Gasteiger partial charge in [0, 0.05) is 24.7 Å². The molecule has 11 heavy (non-hydrogen) atoms. The number of hydrogen-bond acceptors (Lipinski definition) is 2. The molecule has 2 heterocycles. The van der Waals surface area contributed by atoms with Crippen molar-refractivity contribution in [3.05, 3.63) is 11.6 Å². The van der Waals surface area contributed by atoms with Gasteiger partial charge in [0.05, 0.1) is 0 Å². The molecule has 0 spiro atoms. The average molecular weight is 152 g/mol. The zero-order valence-corrected chi connectivity index (χ0v) is 7.28. The van der Waals surface area contributed by atoms with Crippen LogP contribution in [0.15, 0.2) is 11.6 Å². The predicted octanol–water partition coefficient (Wildman–Crippen LogP) is 0.656. The van der Waals surface area contributed by atoms with Crippen LogP contribution in [0.2, 0.25) is 0 Å². The van der Waals surface area contributed by atoms with Gasteiger partial charge in [-0.2, -0.15) is 0 Å². The molecule has 2 N–H and O–H groups in total. The zero-order chi connectivity index (χ0) is 7.90. The third-order valence-corrected chi connectivity index (χ3v) is 2.56. The summed E-state index contributed by atoms with van der Waals surface area (Å²) in [6.07, 6.45) is 3.56. The Morgan fingerprint density at radius 1 is 1.55 bits per heavy atom. The van der Waals surface area contributed by atoms with E-state index in [4.69, 9.17) is 0 Å². The molecule has 0 aromatic carbocycles. The van der Waals surface area contributed by atoms with Gasteiger partial charge in [0.1, 0.15) is 0 Å². The van der Waals surface area contributed by atoms with Crippen molar-refractivity contribution in [2.75, 3.05) is 13.1 Å². The maximum atomic E-state index is 3.62. The summed E-state index contributed by atoms with van der Waals surface area (Å²) in [6.45, 7) is 6.72. The van der Waals surface area contributed by atoms with Crippen LogP contribution < -0.4 is 10.6 Å². The van der Waals surface area contributed by atoms with E-state index in [1.165, 1.54) is 6.42 Å². The van der Waals surface area contributed by atoms with Crippen LogP contribution in [-0.4, -0.2) is 24.7 Å². The molecule has 1 fully saturated rings. The summed E-state index contributed by atoms with van der Waals surface area (Å²) in [4.78, 5) is 0. The Balaban J connectivity index is 2.16. The second-order valence-corrected chi connectivity index (χ2v) is 4.19. The predicted molar refractivity (Wildman–Crippen MR) is 46.6 cm³/mol. The second kappa shape index (κ2) is 2.32. The molecule has 0 bridgehead atoms. The molecule has 0 aromatic heterocycles. The van der Waals surface area contributed by atoms with Crippen molar-refractivity contribution in [2.24, 2.45) is 0 Å². The molecule has 2 aliphatic heterocycles. The van der Waals surface area contributed by atoms with E-state index in [1.807, 2.05) is 0 Å². The van der Waals surface area contributed by atoms with Crippen molar-refractivity contribution < 1.29 is 0 Å². The highest BCUT2D eigenvalue weighted by atomic mass is 15.1. The highest BCUT2D eigenvalue weighted by Gasteiger charge is 2.30. The molecule has 2 rings (SSSR count). The third kappa shape index (κ3) is 1.33. The molecular formula is C9H16N2. The quantitative estimate of drug-likeness (QED) is 0.498. The molecule has 1 unspecified atom stereocenters. The first-order chi connectivity index (χ1) is 5.17. The highest BCUT2D eigenvalue weighted by molar-refractivity contribution is 5.23. The summed E-state index contributed by atoms with van der Waals surface area (Å²) < 4.78 is 0. The van der Waals surface area contributed by atoms with Crippen molar-refractivity contribution >= 4 is 0 Å². The Morgan fingerprint density at radius 2 is 2.36 bits per heavy atom. The zero-order valence-electron chi connectivity index (χ0n) is 7.28. The van der Waals surface area contributed by atoms with Crippen LogP contribution in [0.25, 0.3) is 0 Å². The Kier molecular flexibility index (Phi) is 1.55. The molecule has 0 saturated carbocycles. The molecule has 1 saturated heterocycles. The lowest BCUT2D eigenvalue weighted by Crippen LogP contribution is -2.49. The summed E-state index contributed by atoms with van der Waals surface area (Å²) >= 11 is 0. The fourth-order valence-corrected chi connectivity index (χ4v) is 1.89. The van der Waals surface area contributed by atoms with Crippen LogP contribution in [0, 0.1) is 0 Å². The molecule has 0 aromatic rings. The first-order valence-electron chi connectivity index (χ1n) is 4.35. The molecule has 2 aliphatic rings. The van der Waals surface area contributed by atoms with Gasteiger partial charge in [-0.1, -0.05) is 6.08 Å². The number of rotatable bonds is 0. The van der Waals surface area contributed by atoms with Crippen LogP contribution >= 0.6 is 0 Å². The lowest BCUT2D eigenvalue weighted by Gasteiger charge is -2.33. The lowest BCUT2D eigenvalue weighted by molar-refractivity contribution is 0.348. The molecule has 62 valence electrons. The van der Waals surface area contributed by atoms with E-state index >= 15 is 0 Å². The van der Waals surface area contributed by atoms with Gasteiger partial charge in [-0.3, -0.25) is 0 Å². The van der Waals surface area contributed by atoms with Crippen molar-refractivity contribution in [3.8, 4) is 0 Å². The lowest BCUT2D eigenvalue weighted by atomic mass is 9.91. The first-order valence-corrected chi connectivity index (χ1v) is 4.35. The highest BCUT2D eigenvalue weighted by Crippen LogP contribution is 2.22. The molecular weight excluding hydrogens is 136 g/mol. The summed E-state index contributed by atoms with van der Waals surface area (Å²) in [6, 6.07) is 0.610. The number of fused-ring (bicyclic) bond motifs is 1. The smallest absolute Gasteiger partial charge is 0.0422 e. The maximum absolute atomic E-state index is 3.62. The summed E-state index contributed by atoms with van der Waals surface area (Å²) in [5.74, 6) is 0. The molecule has 0 aliphatic carbocycles. The minimum absolute atomic E-state index is 0.306. The molecule has 0 amide bonds. The Hall–Kier alpha value is -0.340. The SMILES string of the molecule is CC1(C)CC=C2CNCC2N1. The average Bonchev–Trinajstić information content (AvgIpc) is 2.31. The van der Waals surface area contributed by atoms with Gasteiger partial charge in [-0.15, -0.1) is 0 Å². The summed E-state index contributed by atoms with van der Waals surface area (Å²) in [7, 11) is 0. The van der Waals surface area contributed by atoms with Crippen LogP contribution in [0.1, 0.15) is 20.3 Å². The van der Waals surface area contributed by atoms with E-state index in [0.29, 0.717) is 11.6 Å². The van der Waals surface area contributed by atoms with Gasteiger partial charge >= 0.3 is 0 Å². The summed E-state index contributed by atoms with van der Waals surface area (Å²) in [5.41, 5.74) is 1.87. The molecule has 2 nitrogen and oxygen atoms in total. The van der Waals surface area contributed by atoms with Crippen molar-refractivity contribution in [1.82, 2.24) is 10.6 Å². The van der Waals surface area contributed by atoms with Crippen LogP contribution in [0.5, 0.6) is 0 Å². The topological polar surface area (TPSA) is 24.1 Å². The maximum Gasteiger partial charge on any atom is 0.0422 e. The van der Waals surface area contributed by atoms with E-state index in [9.17, 15) is 0 Å². The largest absolute Gasteiger partial charge is 0.311 e. The molecule has 2 heteroatoms. The third-order valence-electron chi connectivity index (χ3n) is 2.56. The van der Waals surface area contributed by atoms with Crippen molar-refractivity contribution in [1.29, 1.82) is 0 Å². The molecule has 1 atom stereocenters. The minimum Gasteiger partial charge on any atom is -0.311 e. The van der Waals surface area contributed by atoms with Gasteiger partial charge in [0.15, 0.2) is 0 Å². The van der Waals surface area contributed by atoms with Gasteiger partial charge < -0.3 is 10.6 Å². The van der Waals surface area contributed by atoms with E-state index in [-0.39, 0.29) is 0 Å². The van der Waals surface area contributed by atoms with Crippen LogP contribution in [0.3, 0.4) is 0 Å². The Morgan fingerprint density at radius 3 is 3.18 bits per heavy atom. The van der Waals surface area contributed by atoms with E-state index in [1.54, 1.807) is 5.57 Å². The number of hydrogen-bond donors (Lipinski definition) is 2. The van der Waals surface area contributed by atoms with Crippen LogP contribution in [0.4, 0.5) is 0 Å². The van der Waals surface area contributed by atoms with Crippen molar-refractivity contribution in [3.63, 3.8) is 0 Å². The normalized spacial score (nSPS) is 34.7. The monoisotopic (exact) mass is 152 g/mol. The van der Waals surface area contributed by atoms with E-state index in [0.717, 1.165) is 13.1 Å². The standard InChI is InChI=1S/C9H16N2/c1-9(2)4-3-7-5-10-6-8(7)11-9/h3,8,10-11H,4-6H2,1-2H3. The van der Waals surface area contributed by atoms with Gasteiger partial charge in [0.2, 0.25) is 0 Å². The first kappa shape index (κ1) is 7.32. The Labute approximate surface area is 68.1 Å². The van der Waals surface area contributed by atoms with Gasteiger partial charge in [0.25, 0.3) is 0 Å². The Bertz CT molecular complexity index is 194. The fourth-order valence-electron chi connectivity index (χ4n) is 1.89. The number of nitrogens with one attached hydrogen (secondary N) is 2. The van der Waals surface area contributed by atoms with E-state index < -0.39 is 0 Å². The minimum atomic E-state index is 0.306. The van der Waals surface area contributed by atoms with Gasteiger partial charge in [-0.05, 0) is 25.8 Å². The fraction of sp³-hybridized carbons (Fsp3) is 0.778. The van der Waals surface area contributed by atoms with Gasteiger partial charge in [-0.25, -0.2) is 0 Å². The van der Waals surface area contributed by atoms with E-state index in [2.05, 4.69) is 30.6 Å². The van der Waals surface area contributed by atoms with Crippen LogP contribution in [-0.2, 0) is 0 Å². The molecule has 0 radical (unpaired) electrons. The van der Waals surface area contributed by atoms with Crippen molar-refractivity contribution in [2.45, 2.75) is 31.8 Å².